The van der Waals surface area contributed by atoms with Crippen LogP contribution in [0.5, 0.6) is 0 Å². The summed E-state index contributed by atoms with van der Waals surface area (Å²) in [5.41, 5.74) is 0. The van der Waals surface area contributed by atoms with Gasteiger partial charge in [0.2, 0.25) is 0 Å². The SMILES string of the molecule is CC(=S)N1CCOC1=O. The first-order valence-corrected chi connectivity index (χ1v) is 3.07. The van der Waals surface area contributed by atoms with Gasteiger partial charge in [0, 0.05) is 0 Å². The number of cyclic esters (lactones) is 1. The van der Waals surface area contributed by atoms with Crippen LogP contribution < -0.4 is 0 Å². The van der Waals surface area contributed by atoms with Gasteiger partial charge in [-0.1, -0.05) is 12.2 Å². The molecule has 0 atom stereocenters. The maximum atomic E-state index is 10.6. The fourth-order valence-corrected chi connectivity index (χ4v) is 0.845. The molecule has 0 aliphatic carbocycles. The van der Waals surface area contributed by atoms with E-state index >= 15 is 0 Å². The normalized spacial score (nSPS) is 17.9. The number of hydrogen-bond acceptors (Lipinski definition) is 3. The summed E-state index contributed by atoms with van der Waals surface area (Å²) in [5.74, 6) is 0. The van der Waals surface area contributed by atoms with Crippen molar-refractivity contribution in [3.63, 3.8) is 0 Å². The summed E-state index contributed by atoms with van der Waals surface area (Å²) >= 11 is 4.76. The molecule has 0 aromatic rings. The molecular formula is C5H7NO2S. The van der Waals surface area contributed by atoms with E-state index in [9.17, 15) is 4.79 Å². The van der Waals surface area contributed by atoms with Crippen LogP contribution in [-0.4, -0.2) is 29.1 Å². The molecule has 9 heavy (non-hydrogen) atoms. The minimum Gasteiger partial charge on any atom is -0.447 e. The third-order valence-electron chi connectivity index (χ3n) is 1.14. The molecule has 0 saturated carbocycles. The second-order valence-corrected chi connectivity index (χ2v) is 2.38. The van der Waals surface area contributed by atoms with E-state index in [-0.39, 0.29) is 6.09 Å². The summed E-state index contributed by atoms with van der Waals surface area (Å²) in [6.07, 6.45) is -0.317. The smallest absolute Gasteiger partial charge is 0.414 e. The number of ether oxygens (including phenoxy) is 1. The summed E-state index contributed by atoms with van der Waals surface area (Å²) in [4.78, 5) is 12.7. The first kappa shape index (κ1) is 6.48. The molecule has 0 spiro atoms. The van der Waals surface area contributed by atoms with E-state index in [0.717, 1.165) is 0 Å². The van der Waals surface area contributed by atoms with Crippen LogP contribution in [0.25, 0.3) is 0 Å². The Hall–Kier alpha value is -0.640. The number of carbonyl (C=O) groups is 1. The average molecular weight is 145 g/mol. The van der Waals surface area contributed by atoms with Gasteiger partial charge in [-0.25, -0.2) is 4.79 Å². The minimum atomic E-state index is -0.317. The maximum Gasteiger partial charge on any atom is 0.414 e. The number of hydrogen-bond donors (Lipinski definition) is 0. The number of amides is 1. The van der Waals surface area contributed by atoms with Crippen molar-refractivity contribution >= 4 is 23.3 Å². The predicted octanol–water partition coefficient (Wildman–Crippen LogP) is 0.786. The Kier molecular flexibility index (Phi) is 1.66. The van der Waals surface area contributed by atoms with Gasteiger partial charge >= 0.3 is 6.09 Å². The zero-order chi connectivity index (χ0) is 6.85. The summed E-state index contributed by atoms with van der Waals surface area (Å²) in [5, 5.41) is 0. The van der Waals surface area contributed by atoms with Gasteiger partial charge in [-0.15, -0.1) is 0 Å². The number of thiocarbonyl (C=S) groups is 1. The van der Waals surface area contributed by atoms with Crippen LogP contribution in [0.1, 0.15) is 6.92 Å². The topological polar surface area (TPSA) is 29.5 Å². The van der Waals surface area contributed by atoms with Gasteiger partial charge in [-0.05, 0) is 6.92 Å². The molecule has 0 radical (unpaired) electrons. The van der Waals surface area contributed by atoms with Crippen molar-refractivity contribution in [1.82, 2.24) is 4.90 Å². The lowest BCUT2D eigenvalue weighted by molar-refractivity contribution is 0.169. The second-order valence-electron chi connectivity index (χ2n) is 1.79. The van der Waals surface area contributed by atoms with Crippen LogP contribution in [0.3, 0.4) is 0 Å². The zero-order valence-electron chi connectivity index (χ0n) is 5.09. The highest BCUT2D eigenvalue weighted by molar-refractivity contribution is 7.80. The molecule has 1 heterocycles. The Bertz CT molecular complexity index is 157. The van der Waals surface area contributed by atoms with E-state index in [1.54, 1.807) is 6.92 Å². The molecule has 1 fully saturated rings. The highest BCUT2D eigenvalue weighted by Gasteiger charge is 2.22. The monoisotopic (exact) mass is 145 g/mol. The van der Waals surface area contributed by atoms with Crippen molar-refractivity contribution in [2.24, 2.45) is 0 Å². The predicted molar refractivity (Wildman–Crippen MR) is 36.3 cm³/mol. The summed E-state index contributed by atoms with van der Waals surface area (Å²) in [6.45, 7) is 2.78. The number of rotatable bonds is 0. The van der Waals surface area contributed by atoms with Crippen molar-refractivity contribution in [1.29, 1.82) is 0 Å². The lowest BCUT2D eigenvalue weighted by Gasteiger charge is -2.07. The minimum absolute atomic E-state index is 0.317. The van der Waals surface area contributed by atoms with Gasteiger partial charge in [-0.2, -0.15) is 0 Å². The molecule has 1 saturated heterocycles. The highest BCUT2D eigenvalue weighted by Crippen LogP contribution is 2.03. The number of nitrogens with zero attached hydrogens (tertiary/aromatic N) is 1. The fourth-order valence-electron chi connectivity index (χ4n) is 0.679. The van der Waals surface area contributed by atoms with E-state index in [1.165, 1.54) is 4.90 Å². The summed E-state index contributed by atoms with van der Waals surface area (Å²) in [6, 6.07) is 0. The average Bonchev–Trinajstić information content (AvgIpc) is 2.13. The molecule has 0 N–H and O–H groups in total. The summed E-state index contributed by atoms with van der Waals surface area (Å²) in [7, 11) is 0. The highest BCUT2D eigenvalue weighted by atomic mass is 32.1. The quantitative estimate of drug-likeness (QED) is 0.472. The fraction of sp³-hybridized carbons (Fsp3) is 0.600. The lowest BCUT2D eigenvalue weighted by atomic mass is 10.6. The van der Waals surface area contributed by atoms with Crippen LogP contribution in [0.4, 0.5) is 4.79 Å². The standard InChI is InChI=1S/C5H7NO2S/c1-4(9)6-2-3-8-5(6)7/h2-3H2,1H3. The third-order valence-corrected chi connectivity index (χ3v) is 1.36. The molecule has 0 aromatic heterocycles. The second kappa shape index (κ2) is 2.31. The van der Waals surface area contributed by atoms with Crippen LogP contribution in [-0.2, 0) is 4.74 Å². The van der Waals surface area contributed by atoms with Crippen LogP contribution >= 0.6 is 12.2 Å². The summed E-state index contributed by atoms with van der Waals surface area (Å²) < 4.78 is 4.63. The van der Waals surface area contributed by atoms with Crippen LogP contribution in [0.15, 0.2) is 0 Å². The van der Waals surface area contributed by atoms with E-state index in [1.807, 2.05) is 0 Å². The van der Waals surface area contributed by atoms with E-state index in [2.05, 4.69) is 4.74 Å². The Labute approximate surface area is 58.6 Å². The van der Waals surface area contributed by atoms with Crippen molar-refractivity contribution in [3.8, 4) is 0 Å². The molecule has 0 aromatic carbocycles. The Morgan fingerprint density at radius 3 is 2.78 bits per heavy atom. The van der Waals surface area contributed by atoms with Gasteiger partial charge in [0.1, 0.15) is 6.61 Å². The zero-order valence-corrected chi connectivity index (χ0v) is 5.90. The van der Waals surface area contributed by atoms with Gasteiger partial charge in [-0.3, -0.25) is 4.90 Å². The van der Waals surface area contributed by atoms with E-state index in [0.29, 0.717) is 18.1 Å². The molecule has 1 amide bonds. The number of carbonyl (C=O) groups excluding carboxylic acids is 1. The molecule has 0 bridgehead atoms. The third kappa shape index (κ3) is 1.18. The van der Waals surface area contributed by atoms with E-state index in [4.69, 9.17) is 12.2 Å². The van der Waals surface area contributed by atoms with Crippen molar-refractivity contribution < 1.29 is 9.53 Å². The van der Waals surface area contributed by atoms with E-state index < -0.39 is 0 Å². The maximum absolute atomic E-state index is 10.6. The lowest BCUT2D eigenvalue weighted by Crippen LogP contribution is -2.27. The van der Waals surface area contributed by atoms with Crippen LogP contribution in [0, 0.1) is 0 Å². The van der Waals surface area contributed by atoms with Gasteiger partial charge in [0.25, 0.3) is 0 Å². The molecule has 4 heteroatoms. The Morgan fingerprint density at radius 2 is 2.56 bits per heavy atom. The van der Waals surface area contributed by atoms with Gasteiger partial charge < -0.3 is 4.74 Å². The van der Waals surface area contributed by atoms with Crippen LogP contribution in [0.2, 0.25) is 0 Å². The molecule has 3 nitrogen and oxygen atoms in total. The molecular weight excluding hydrogens is 138 g/mol. The van der Waals surface area contributed by atoms with Crippen molar-refractivity contribution in [2.45, 2.75) is 6.92 Å². The largest absolute Gasteiger partial charge is 0.447 e. The molecule has 50 valence electrons. The molecule has 1 aliphatic rings. The van der Waals surface area contributed by atoms with Gasteiger partial charge in [0.15, 0.2) is 0 Å². The van der Waals surface area contributed by atoms with Crippen molar-refractivity contribution in [2.75, 3.05) is 13.2 Å². The Balaban J connectivity index is 2.60. The molecule has 0 unspecified atom stereocenters. The molecule has 1 rings (SSSR count). The first-order chi connectivity index (χ1) is 4.22. The van der Waals surface area contributed by atoms with Gasteiger partial charge in [0.05, 0.1) is 11.5 Å². The molecule has 1 aliphatic heterocycles. The first-order valence-electron chi connectivity index (χ1n) is 2.66. The van der Waals surface area contributed by atoms with Crippen molar-refractivity contribution in [3.05, 3.63) is 0 Å². The Morgan fingerprint density at radius 1 is 1.89 bits per heavy atom.